The molecule has 1 aromatic heterocycles. The summed E-state index contributed by atoms with van der Waals surface area (Å²) in [6.45, 7) is 1.90. The number of halogens is 1. The molecule has 1 saturated carbocycles. The maximum absolute atomic E-state index is 12.8. The minimum Gasteiger partial charge on any atom is -0.325 e. The van der Waals surface area contributed by atoms with E-state index in [0.29, 0.717) is 11.1 Å². The fraction of sp³-hybridized carbons (Fsp3) is 0.276. The van der Waals surface area contributed by atoms with Crippen LogP contribution in [0.2, 0.25) is 5.02 Å². The average molecular weight is 517 g/mol. The van der Waals surface area contributed by atoms with Crippen LogP contribution in [-0.2, 0) is 4.79 Å². The van der Waals surface area contributed by atoms with Crippen LogP contribution >= 0.6 is 23.4 Å². The monoisotopic (exact) mass is 516 g/mol. The number of hydrogen-bond acceptors (Lipinski definition) is 4. The van der Waals surface area contributed by atoms with Crippen molar-refractivity contribution < 1.29 is 4.79 Å². The van der Waals surface area contributed by atoms with Gasteiger partial charge in [-0.05, 0) is 48.6 Å². The Kier molecular flexibility index (Phi) is 7.73. The Balaban J connectivity index is 1.37. The number of carbonyl (C=O) groups is 1. The van der Waals surface area contributed by atoms with Gasteiger partial charge >= 0.3 is 0 Å². The molecule has 0 spiro atoms. The zero-order valence-electron chi connectivity index (χ0n) is 20.3. The van der Waals surface area contributed by atoms with Crippen LogP contribution < -0.4 is 5.32 Å². The molecule has 0 atom stereocenters. The molecule has 0 saturated heterocycles. The zero-order valence-corrected chi connectivity index (χ0v) is 21.9. The lowest BCUT2D eigenvalue weighted by Gasteiger charge is -2.25. The predicted molar refractivity (Wildman–Crippen MR) is 149 cm³/mol. The van der Waals surface area contributed by atoms with Crippen LogP contribution in [0.3, 0.4) is 0 Å². The second kappa shape index (κ2) is 11.3. The highest BCUT2D eigenvalue weighted by Crippen LogP contribution is 2.36. The quantitative estimate of drug-likeness (QED) is 0.254. The SMILES string of the molecule is Cc1c(Cl)cccc1NC(=O)CSc1nnc(-c2ccc(-c3ccccc3)cc2)n1C1CCCCC1. The topological polar surface area (TPSA) is 59.8 Å². The molecule has 0 bridgehead atoms. The van der Waals surface area contributed by atoms with Crippen molar-refractivity contribution >= 4 is 35.0 Å². The molecule has 1 heterocycles. The minimum atomic E-state index is -0.0858. The molecule has 36 heavy (non-hydrogen) atoms. The Morgan fingerprint density at radius 1 is 0.917 bits per heavy atom. The molecule has 1 amide bonds. The molecule has 4 aromatic rings. The first-order valence-electron chi connectivity index (χ1n) is 12.4. The Hall–Kier alpha value is -3.09. The van der Waals surface area contributed by atoms with Crippen molar-refractivity contribution in [2.75, 3.05) is 11.1 Å². The van der Waals surface area contributed by atoms with E-state index in [-0.39, 0.29) is 11.7 Å². The number of nitrogens with zero attached hydrogens (tertiary/aromatic N) is 3. The van der Waals surface area contributed by atoms with Gasteiger partial charge < -0.3 is 5.32 Å². The molecule has 5 nitrogen and oxygen atoms in total. The molecule has 0 unspecified atom stereocenters. The standard InChI is InChI=1S/C29H29ClN4OS/c1-20-25(30)13-8-14-26(20)31-27(35)19-36-29-33-32-28(34(29)24-11-6-3-7-12-24)23-17-15-22(16-18-23)21-9-4-2-5-10-21/h2,4-5,8-10,13-18,24H,3,6-7,11-12,19H2,1H3,(H,31,35). The van der Waals surface area contributed by atoms with Crippen LogP contribution in [0.4, 0.5) is 5.69 Å². The van der Waals surface area contributed by atoms with E-state index in [1.165, 1.54) is 42.2 Å². The summed E-state index contributed by atoms with van der Waals surface area (Å²) in [7, 11) is 0. The molecule has 1 aliphatic carbocycles. The first-order valence-corrected chi connectivity index (χ1v) is 13.7. The van der Waals surface area contributed by atoms with E-state index in [0.717, 1.165) is 40.6 Å². The van der Waals surface area contributed by atoms with Gasteiger partial charge in [0, 0.05) is 22.3 Å². The summed E-state index contributed by atoms with van der Waals surface area (Å²) >= 11 is 7.64. The highest BCUT2D eigenvalue weighted by Gasteiger charge is 2.24. The average Bonchev–Trinajstić information content (AvgIpc) is 3.35. The number of carbonyl (C=O) groups excluding carboxylic acids is 1. The van der Waals surface area contributed by atoms with Gasteiger partial charge in [-0.25, -0.2) is 0 Å². The fourth-order valence-electron chi connectivity index (χ4n) is 4.74. The Labute approximate surface area is 221 Å². The summed E-state index contributed by atoms with van der Waals surface area (Å²) in [6, 6.07) is 24.7. The fourth-order valence-corrected chi connectivity index (χ4v) is 5.72. The Morgan fingerprint density at radius 2 is 1.61 bits per heavy atom. The number of thioether (sulfide) groups is 1. The Morgan fingerprint density at radius 3 is 2.36 bits per heavy atom. The molecule has 5 rings (SSSR count). The lowest BCUT2D eigenvalue weighted by Crippen LogP contribution is -2.17. The van der Waals surface area contributed by atoms with Crippen LogP contribution in [-0.4, -0.2) is 26.4 Å². The Bertz CT molecular complexity index is 1330. The number of benzene rings is 3. The third-order valence-corrected chi connectivity index (χ3v) is 8.08. The number of anilines is 1. The molecule has 0 aliphatic heterocycles. The molecule has 1 aliphatic rings. The number of aromatic nitrogens is 3. The summed E-state index contributed by atoms with van der Waals surface area (Å²) in [5.74, 6) is 1.04. The van der Waals surface area contributed by atoms with E-state index in [2.05, 4.69) is 68.6 Å². The van der Waals surface area contributed by atoms with Gasteiger partial charge in [0.1, 0.15) is 0 Å². The second-order valence-corrected chi connectivity index (χ2v) is 10.5. The molecule has 3 aromatic carbocycles. The van der Waals surface area contributed by atoms with Crippen LogP contribution in [0, 0.1) is 6.92 Å². The molecule has 1 fully saturated rings. The third-order valence-electron chi connectivity index (χ3n) is 6.73. The van der Waals surface area contributed by atoms with E-state index >= 15 is 0 Å². The summed E-state index contributed by atoms with van der Waals surface area (Å²) in [5, 5.41) is 13.5. The summed E-state index contributed by atoms with van der Waals surface area (Å²) < 4.78 is 2.26. The van der Waals surface area contributed by atoms with E-state index in [1.807, 2.05) is 31.2 Å². The van der Waals surface area contributed by atoms with Crippen LogP contribution in [0.5, 0.6) is 0 Å². The highest BCUT2D eigenvalue weighted by atomic mass is 35.5. The van der Waals surface area contributed by atoms with Crippen molar-refractivity contribution in [1.29, 1.82) is 0 Å². The van der Waals surface area contributed by atoms with Crippen molar-refractivity contribution in [3.8, 4) is 22.5 Å². The molecular formula is C29H29ClN4OS. The number of rotatable bonds is 7. The molecule has 1 N–H and O–H groups in total. The molecule has 0 radical (unpaired) electrons. The van der Waals surface area contributed by atoms with E-state index in [9.17, 15) is 4.79 Å². The van der Waals surface area contributed by atoms with Crippen molar-refractivity contribution in [2.24, 2.45) is 0 Å². The van der Waals surface area contributed by atoms with E-state index < -0.39 is 0 Å². The zero-order chi connectivity index (χ0) is 24.9. The summed E-state index contributed by atoms with van der Waals surface area (Å²) in [5.41, 5.74) is 5.00. The number of amides is 1. The van der Waals surface area contributed by atoms with Gasteiger partial charge in [-0.15, -0.1) is 10.2 Å². The first-order chi connectivity index (χ1) is 17.6. The van der Waals surface area contributed by atoms with Gasteiger partial charge in [-0.3, -0.25) is 9.36 Å². The number of nitrogens with one attached hydrogen (secondary N) is 1. The molecular weight excluding hydrogens is 488 g/mol. The lowest BCUT2D eigenvalue weighted by atomic mass is 9.95. The van der Waals surface area contributed by atoms with Gasteiger partial charge in [0.2, 0.25) is 5.91 Å². The van der Waals surface area contributed by atoms with Crippen LogP contribution in [0.1, 0.15) is 43.7 Å². The smallest absolute Gasteiger partial charge is 0.234 e. The van der Waals surface area contributed by atoms with Crippen molar-refractivity contribution in [1.82, 2.24) is 14.8 Å². The van der Waals surface area contributed by atoms with Gasteiger partial charge in [-0.2, -0.15) is 0 Å². The van der Waals surface area contributed by atoms with Crippen molar-refractivity contribution in [2.45, 2.75) is 50.2 Å². The van der Waals surface area contributed by atoms with Gasteiger partial charge in [0.15, 0.2) is 11.0 Å². The summed E-state index contributed by atoms with van der Waals surface area (Å²) in [6.07, 6.45) is 5.88. The largest absolute Gasteiger partial charge is 0.325 e. The molecule has 184 valence electrons. The predicted octanol–water partition coefficient (Wildman–Crippen LogP) is 7.81. The van der Waals surface area contributed by atoms with E-state index in [1.54, 1.807) is 0 Å². The van der Waals surface area contributed by atoms with Crippen molar-refractivity contribution in [3.63, 3.8) is 0 Å². The van der Waals surface area contributed by atoms with Crippen LogP contribution in [0.15, 0.2) is 78.0 Å². The highest BCUT2D eigenvalue weighted by molar-refractivity contribution is 7.99. The molecule has 7 heteroatoms. The van der Waals surface area contributed by atoms with Gasteiger partial charge in [-0.1, -0.05) is 103 Å². The lowest BCUT2D eigenvalue weighted by molar-refractivity contribution is -0.113. The van der Waals surface area contributed by atoms with Gasteiger partial charge in [0.05, 0.1) is 5.75 Å². The minimum absolute atomic E-state index is 0.0858. The van der Waals surface area contributed by atoms with E-state index in [4.69, 9.17) is 11.6 Å². The maximum atomic E-state index is 12.8. The van der Waals surface area contributed by atoms with Gasteiger partial charge in [0.25, 0.3) is 0 Å². The second-order valence-electron chi connectivity index (χ2n) is 9.16. The maximum Gasteiger partial charge on any atom is 0.234 e. The normalized spacial score (nSPS) is 14.1. The first kappa shape index (κ1) is 24.6. The van der Waals surface area contributed by atoms with Crippen molar-refractivity contribution in [3.05, 3.63) is 83.4 Å². The number of hydrogen-bond donors (Lipinski definition) is 1. The third kappa shape index (κ3) is 5.50. The summed E-state index contributed by atoms with van der Waals surface area (Å²) in [4.78, 5) is 12.8. The van der Waals surface area contributed by atoms with Crippen LogP contribution in [0.25, 0.3) is 22.5 Å².